The number of allylic oxidation sites excluding steroid dienone is 3. The van der Waals surface area contributed by atoms with Crippen LogP contribution < -0.4 is 5.32 Å². The Morgan fingerprint density at radius 2 is 2.50 bits per heavy atom. The van der Waals surface area contributed by atoms with Gasteiger partial charge in [-0.1, -0.05) is 25.7 Å². The first-order valence-corrected chi connectivity index (χ1v) is 4.79. The minimum Gasteiger partial charge on any atom is -0.389 e. The molecule has 0 aromatic carbocycles. The molecule has 68 valence electrons. The summed E-state index contributed by atoms with van der Waals surface area (Å²) < 4.78 is 0. The van der Waals surface area contributed by atoms with Crippen LogP contribution in [-0.2, 0) is 0 Å². The fourth-order valence-electron chi connectivity index (χ4n) is 1.84. The van der Waals surface area contributed by atoms with Gasteiger partial charge in [-0.15, -0.1) is 0 Å². The van der Waals surface area contributed by atoms with Crippen LogP contribution in [0.4, 0.5) is 0 Å². The first kappa shape index (κ1) is 9.37. The van der Waals surface area contributed by atoms with E-state index in [0.29, 0.717) is 11.8 Å². The first-order chi connectivity index (χ1) is 5.74. The molecule has 0 bridgehead atoms. The van der Waals surface area contributed by atoms with E-state index < -0.39 is 0 Å². The zero-order valence-electron chi connectivity index (χ0n) is 8.14. The molecular weight excluding hydrogens is 146 g/mol. The van der Waals surface area contributed by atoms with Crippen molar-refractivity contribution < 1.29 is 0 Å². The summed E-state index contributed by atoms with van der Waals surface area (Å²) in [6.45, 7) is 9.48. The molecule has 0 aliphatic carbocycles. The second-order valence-corrected chi connectivity index (χ2v) is 3.68. The fraction of sp³-hybridized carbons (Fsp3) is 0.636. The highest BCUT2D eigenvalue weighted by molar-refractivity contribution is 5.04. The number of hydrogen-bond donors (Lipinski definition) is 1. The minimum absolute atomic E-state index is 0.691. The Balaban J connectivity index is 2.34. The summed E-state index contributed by atoms with van der Waals surface area (Å²) in [6.07, 6.45) is 6.91. The van der Waals surface area contributed by atoms with Crippen molar-refractivity contribution in [2.75, 3.05) is 6.54 Å². The van der Waals surface area contributed by atoms with Crippen molar-refractivity contribution in [1.82, 2.24) is 5.32 Å². The molecule has 2 atom stereocenters. The first-order valence-electron chi connectivity index (χ1n) is 4.79. The van der Waals surface area contributed by atoms with Crippen molar-refractivity contribution in [3.05, 3.63) is 24.4 Å². The molecule has 0 amide bonds. The normalized spacial score (nSPS) is 26.2. The molecule has 1 rings (SSSR count). The van der Waals surface area contributed by atoms with E-state index in [9.17, 15) is 0 Å². The van der Waals surface area contributed by atoms with Crippen molar-refractivity contribution in [3.63, 3.8) is 0 Å². The fourth-order valence-corrected chi connectivity index (χ4v) is 1.84. The predicted molar refractivity (Wildman–Crippen MR) is 53.8 cm³/mol. The quantitative estimate of drug-likeness (QED) is 0.634. The Morgan fingerprint density at radius 3 is 3.00 bits per heavy atom. The van der Waals surface area contributed by atoms with Gasteiger partial charge in [-0.25, -0.2) is 0 Å². The lowest BCUT2D eigenvalue weighted by Crippen LogP contribution is -2.07. The molecule has 1 N–H and O–H groups in total. The highest BCUT2D eigenvalue weighted by atomic mass is 14.9. The molecule has 1 heteroatoms. The Morgan fingerprint density at radius 1 is 1.75 bits per heavy atom. The van der Waals surface area contributed by atoms with Crippen molar-refractivity contribution in [2.45, 2.75) is 26.7 Å². The number of hydrogen-bond acceptors (Lipinski definition) is 1. The molecule has 1 aliphatic rings. The van der Waals surface area contributed by atoms with E-state index in [1.54, 1.807) is 0 Å². The Labute approximate surface area is 75.6 Å². The van der Waals surface area contributed by atoms with Crippen molar-refractivity contribution in [2.24, 2.45) is 11.8 Å². The third-order valence-corrected chi connectivity index (χ3v) is 2.51. The summed E-state index contributed by atoms with van der Waals surface area (Å²) in [4.78, 5) is 0. The maximum Gasteiger partial charge on any atom is 0.0150 e. The molecule has 1 fully saturated rings. The van der Waals surface area contributed by atoms with E-state index in [0.717, 1.165) is 6.54 Å². The van der Waals surface area contributed by atoms with Gasteiger partial charge < -0.3 is 5.32 Å². The lowest BCUT2D eigenvalue weighted by atomic mass is 9.93. The van der Waals surface area contributed by atoms with Crippen molar-refractivity contribution in [1.29, 1.82) is 0 Å². The number of nitrogens with one attached hydrogen (secondary N) is 1. The molecule has 12 heavy (non-hydrogen) atoms. The molecule has 0 spiro atoms. The molecule has 1 nitrogen and oxygen atoms in total. The second kappa shape index (κ2) is 4.34. The summed E-state index contributed by atoms with van der Waals surface area (Å²) in [5, 5.41) is 3.30. The van der Waals surface area contributed by atoms with Gasteiger partial charge in [-0.3, -0.25) is 0 Å². The average molecular weight is 165 g/mol. The summed E-state index contributed by atoms with van der Waals surface area (Å²) in [5.41, 5.74) is 1.24. The smallest absolute Gasteiger partial charge is 0.0150 e. The maximum atomic E-state index is 4.01. The van der Waals surface area contributed by atoms with Gasteiger partial charge in [0.2, 0.25) is 0 Å². The Kier molecular flexibility index (Phi) is 3.39. The van der Waals surface area contributed by atoms with E-state index in [4.69, 9.17) is 0 Å². The van der Waals surface area contributed by atoms with Crippen LogP contribution in [0.2, 0.25) is 0 Å². The Hall–Kier alpha value is -0.720. The van der Waals surface area contributed by atoms with Crippen molar-refractivity contribution >= 4 is 0 Å². The molecule has 0 saturated carbocycles. The highest BCUT2D eigenvalue weighted by Crippen LogP contribution is 2.25. The van der Waals surface area contributed by atoms with Crippen molar-refractivity contribution in [3.8, 4) is 0 Å². The maximum absolute atomic E-state index is 4.01. The molecule has 0 aromatic rings. The van der Waals surface area contributed by atoms with Crippen LogP contribution in [0.25, 0.3) is 0 Å². The molecule has 0 aromatic heterocycles. The highest BCUT2D eigenvalue weighted by Gasteiger charge is 2.19. The largest absolute Gasteiger partial charge is 0.389 e. The second-order valence-electron chi connectivity index (χ2n) is 3.68. The summed E-state index contributed by atoms with van der Waals surface area (Å²) in [5.74, 6) is 1.40. The van der Waals surface area contributed by atoms with Crippen LogP contribution in [-0.4, -0.2) is 6.54 Å². The minimum atomic E-state index is 0.691. The molecule has 1 saturated heterocycles. The van der Waals surface area contributed by atoms with Crippen LogP contribution in [0, 0.1) is 11.8 Å². The van der Waals surface area contributed by atoms with E-state index >= 15 is 0 Å². The topological polar surface area (TPSA) is 12.0 Å². The summed E-state index contributed by atoms with van der Waals surface area (Å²) >= 11 is 0. The third-order valence-electron chi connectivity index (χ3n) is 2.51. The number of rotatable bonds is 3. The van der Waals surface area contributed by atoms with E-state index in [1.165, 1.54) is 18.5 Å². The van der Waals surface area contributed by atoms with Crippen LogP contribution >= 0.6 is 0 Å². The van der Waals surface area contributed by atoms with Gasteiger partial charge in [0.1, 0.15) is 0 Å². The third kappa shape index (κ3) is 2.40. The monoisotopic (exact) mass is 165 g/mol. The molecule has 1 aliphatic heterocycles. The predicted octanol–water partition coefficient (Wildman–Crippen LogP) is 2.71. The SMILES string of the molecule is C=C1NCC[C@H]1C[C@H](C)/C=C/C. The zero-order chi connectivity index (χ0) is 8.97. The Bertz CT molecular complexity index is 181. The van der Waals surface area contributed by atoms with Gasteiger partial charge in [-0.05, 0) is 25.7 Å². The molecule has 0 unspecified atom stereocenters. The van der Waals surface area contributed by atoms with Gasteiger partial charge >= 0.3 is 0 Å². The zero-order valence-corrected chi connectivity index (χ0v) is 8.14. The lowest BCUT2D eigenvalue weighted by Gasteiger charge is -2.13. The van der Waals surface area contributed by atoms with E-state index in [2.05, 4.69) is 37.9 Å². The average Bonchev–Trinajstić information content (AvgIpc) is 2.37. The molecule has 1 heterocycles. The summed E-state index contributed by atoms with van der Waals surface area (Å²) in [6, 6.07) is 0. The summed E-state index contributed by atoms with van der Waals surface area (Å²) in [7, 11) is 0. The van der Waals surface area contributed by atoms with Gasteiger partial charge in [0.25, 0.3) is 0 Å². The van der Waals surface area contributed by atoms with Crippen LogP contribution in [0.5, 0.6) is 0 Å². The van der Waals surface area contributed by atoms with E-state index in [1.807, 2.05) is 0 Å². The molecule has 0 radical (unpaired) electrons. The van der Waals surface area contributed by atoms with Gasteiger partial charge in [0, 0.05) is 18.2 Å². The molecular formula is C11H19N. The van der Waals surface area contributed by atoms with Gasteiger partial charge in [0.05, 0.1) is 0 Å². The van der Waals surface area contributed by atoms with E-state index in [-0.39, 0.29) is 0 Å². The standard InChI is InChI=1S/C11H19N/c1-4-5-9(2)8-11-6-7-12-10(11)3/h4-5,9,11-12H,3,6-8H2,1-2H3/b5-4+/t9-,11+/m1/s1. The van der Waals surface area contributed by atoms with Crippen LogP contribution in [0.15, 0.2) is 24.4 Å². The van der Waals surface area contributed by atoms with Gasteiger partial charge in [-0.2, -0.15) is 0 Å². The van der Waals surface area contributed by atoms with Crippen LogP contribution in [0.3, 0.4) is 0 Å². The lowest BCUT2D eigenvalue weighted by molar-refractivity contribution is 0.502. The van der Waals surface area contributed by atoms with Crippen LogP contribution in [0.1, 0.15) is 26.7 Å². The van der Waals surface area contributed by atoms with Gasteiger partial charge in [0.15, 0.2) is 0 Å².